The van der Waals surface area contributed by atoms with Gasteiger partial charge in [0.25, 0.3) is 0 Å². The van der Waals surface area contributed by atoms with Crippen LogP contribution in [0.25, 0.3) is 0 Å². The lowest BCUT2D eigenvalue weighted by Gasteiger charge is -2.10. The lowest BCUT2D eigenvalue weighted by Crippen LogP contribution is -2.22. The molecule has 0 spiro atoms. The lowest BCUT2D eigenvalue weighted by atomic mass is 10.2. The van der Waals surface area contributed by atoms with Crippen molar-refractivity contribution in [2.45, 2.75) is 6.92 Å². The number of aryl methyl sites for hydroxylation is 1. The average Bonchev–Trinajstić information content (AvgIpc) is 2.36. The summed E-state index contributed by atoms with van der Waals surface area (Å²) in [5.74, 6) is -2.37. The first kappa shape index (κ1) is 14.9. The fourth-order valence-corrected chi connectivity index (χ4v) is 1.83. The largest absolute Gasteiger partial charge is 0.376 e. The molecule has 0 heterocycles. The summed E-state index contributed by atoms with van der Waals surface area (Å²) < 4.78 is 38.9. The van der Waals surface area contributed by atoms with Crippen LogP contribution in [-0.2, 0) is 4.79 Å². The smallest absolute Gasteiger partial charge is 0.243 e. The number of hydrogen-bond acceptors (Lipinski definition) is 2. The molecule has 0 aliphatic heterocycles. The van der Waals surface area contributed by atoms with E-state index in [-0.39, 0.29) is 18.0 Å². The minimum atomic E-state index is -0.771. The Morgan fingerprint density at radius 3 is 2.29 bits per heavy atom. The van der Waals surface area contributed by atoms with Crippen LogP contribution in [0.3, 0.4) is 0 Å². The van der Waals surface area contributed by atoms with E-state index in [1.54, 1.807) is 6.92 Å². The zero-order valence-corrected chi connectivity index (χ0v) is 11.2. The zero-order valence-electron chi connectivity index (χ0n) is 11.2. The van der Waals surface area contributed by atoms with Gasteiger partial charge in [-0.3, -0.25) is 4.79 Å². The van der Waals surface area contributed by atoms with Crippen LogP contribution in [0.15, 0.2) is 36.4 Å². The summed E-state index contributed by atoms with van der Waals surface area (Å²) in [7, 11) is 0. The fraction of sp³-hybridized carbons (Fsp3) is 0.133. The molecule has 0 bridgehead atoms. The highest BCUT2D eigenvalue weighted by atomic mass is 19.1. The van der Waals surface area contributed by atoms with E-state index >= 15 is 0 Å². The Hall–Kier alpha value is -2.50. The molecule has 0 atom stereocenters. The molecule has 0 radical (unpaired) electrons. The first-order chi connectivity index (χ1) is 9.94. The first-order valence-electron chi connectivity index (χ1n) is 6.20. The van der Waals surface area contributed by atoms with Gasteiger partial charge < -0.3 is 10.6 Å². The summed E-state index contributed by atoms with van der Waals surface area (Å²) >= 11 is 0. The normalized spacial score (nSPS) is 10.3. The summed E-state index contributed by atoms with van der Waals surface area (Å²) in [6, 6.07) is 6.88. The Labute approximate surface area is 119 Å². The summed E-state index contributed by atoms with van der Waals surface area (Å²) in [5, 5.41) is 5.19. The summed E-state index contributed by atoms with van der Waals surface area (Å²) in [5.41, 5.74) is 1.30. The predicted molar refractivity (Wildman–Crippen MR) is 74.6 cm³/mol. The molecule has 0 aliphatic carbocycles. The first-order valence-corrected chi connectivity index (χ1v) is 6.20. The molecular formula is C15H13F3N2O. The summed E-state index contributed by atoms with van der Waals surface area (Å²) in [6.45, 7) is 1.59. The molecule has 21 heavy (non-hydrogen) atoms. The van der Waals surface area contributed by atoms with Crippen molar-refractivity contribution >= 4 is 17.3 Å². The molecule has 1 amide bonds. The molecule has 0 unspecified atom stereocenters. The van der Waals surface area contributed by atoms with Gasteiger partial charge in [-0.15, -0.1) is 0 Å². The monoisotopic (exact) mass is 294 g/mol. The molecular weight excluding hydrogens is 281 g/mol. The molecule has 2 aromatic carbocycles. The summed E-state index contributed by atoms with van der Waals surface area (Å²) in [6.07, 6.45) is 0. The number of anilines is 2. The number of carbonyl (C=O) groups excluding carboxylic acids is 1. The second-order valence-corrected chi connectivity index (χ2v) is 4.52. The van der Waals surface area contributed by atoms with Crippen molar-refractivity contribution in [2.75, 3.05) is 17.2 Å². The number of rotatable bonds is 4. The minimum Gasteiger partial charge on any atom is -0.376 e. The van der Waals surface area contributed by atoms with E-state index in [2.05, 4.69) is 10.6 Å². The Morgan fingerprint density at radius 1 is 1.00 bits per heavy atom. The molecule has 3 nitrogen and oxygen atoms in total. The molecule has 2 aromatic rings. The number of carbonyl (C=O) groups is 1. The van der Waals surface area contributed by atoms with Crippen molar-refractivity contribution in [1.29, 1.82) is 0 Å². The highest BCUT2D eigenvalue weighted by Crippen LogP contribution is 2.16. The van der Waals surface area contributed by atoms with Crippen molar-refractivity contribution in [2.24, 2.45) is 0 Å². The van der Waals surface area contributed by atoms with Gasteiger partial charge in [-0.25, -0.2) is 13.2 Å². The van der Waals surface area contributed by atoms with Gasteiger partial charge in [-0.1, -0.05) is 0 Å². The topological polar surface area (TPSA) is 41.1 Å². The lowest BCUT2D eigenvalue weighted by molar-refractivity contribution is -0.114. The van der Waals surface area contributed by atoms with Crippen LogP contribution in [0.5, 0.6) is 0 Å². The van der Waals surface area contributed by atoms with Crippen LogP contribution in [-0.4, -0.2) is 12.5 Å². The van der Waals surface area contributed by atoms with E-state index in [9.17, 15) is 18.0 Å². The van der Waals surface area contributed by atoms with Gasteiger partial charge in [-0.2, -0.15) is 0 Å². The van der Waals surface area contributed by atoms with Crippen LogP contribution >= 0.6 is 0 Å². The second kappa shape index (κ2) is 6.30. The van der Waals surface area contributed by atoms with E-state index in [4.69, 9.17) is 0 Å². The zero-order chi connectivity index (χ0) is 15.4. The quantitative estimate of drug-likeness (QED) is 0.906. The Morgan fingerprint density at radius 2 is 1.67 bits per heavy atom. The number of hydrogen-bond donors (Lipinski definition) is 2. The number of nitrogens with one attached hydrogen (secondary N) is 2. The SMILES string of the molecule is Cc1cc(F)ccc1NCC(=O)Nc1cc(F)cc(F)c1. The van der Waals surface area contributed by atoms with Crippen LogP contribution in [0.2, 0.25) is 0 Å². The molecule has 2 rings (SSSR count). The van der Waals surface area contributed by atoms with E-state index in [1.807, 2.05) is 0 Å². The van der Waals surface area contributed by atoms with Gasteiger partial charge >= 0.3 is 0 Å². The van der Waals surface area contributed by atoms with E-state index in [0.717, 1.165) is 18.2 Å². The van der Waals surface area contributed by atoms with Gasteiger partial charge in [0.05, 0.1) is 6.54 Å². The second-order valence-electron chi connectivity index (χ2n) is 4.52. The van der Waals surface area contributed by atoms with Gasteiger partial charge in [0.2, 0.25) is 5.91 Å². The maximum absolute atomic E-state index is 13.0. The number of halogens is 3. The maximum Gasteiger partial charge on any atom is 0.243 e. The van der Waals surface area contributed by atoms with E-state index < -0.39 is 17.5 Å². The van der Waals surface area contributed by atoms with Gasteiger partial charge in [0, 0.05) is 17.4 Å². The van der Waals surface area contributed by atoms with Gasteiger partial charge in [-0.05, 0) is 42.8 Å². The third-order valence-corrected chi connectivity index (χ3v) is 2.77. The van der Waals surface area contributed by atoms with Crippen molar-refractivity contribution < 1.29 is 18.0 Å². The van der Waals surface area contributed by atoms with Gasteiger partial charge in [0.15, 0.2) is 0 Å². The third-order valence-electron chi connectivity index (χ3n) is 2.77. The van der Waals surface area contributed by atoms with Crippen molar-refractivity contribution in [3.05, 3.63) is 59.4 Å². The van der Waals surface area contributed by atoms with Gasteiger partial charge in [0.1, 0.15) is 17.5 Å². The summed E-state index contributed by atoms with van der Waals surface area (Å²) in [4.78, 5) is 11.7. The highest BCUT2D eigenvalue weighted by Gasteiger charge is 2.06. The molecule has 2 N–H and O–H groups in total. The third kappa shape index (κ3) is 4.24. The Kier molecular flexibility index (Phi) is 4.47. The Balaban J connectivity index is 1.95. The van der Waals surface area contributed by atoms with Crippen LogP contribution in [0, 0.1) is 24.4 Å². The standard InChI is InChI=1S/C15H13F3N2O/c1-9-4-10(16)2-3-14(9)19-8-15(21)20-13-6-11(17)5-12(18)7-13/h2-7,19H,8H2,1H3,(H,20,21). The van der Waals surface area contributed by atoms with Crippen LogP contribution < -0.4 is 10.6 Å². The van der Waals surface area contributed by atoms with Crippen molar-refractivity contribution in [3.8, 4) is 0 Å². The minimum absolute atomic E-state index is 0.0372. The fourth-order valence-electron chi connectivity index (χ4n) is 1.83. The molecule has 0 saturated heterocycles. The molecule has 0 aliphatic rings. The van der Waals surface area contributed by atoms with E-state index in [0.29, 0.717) is 11.3 Å². The molecule has 0 saturated carbocycles. The molecule has 110 valence electrons. The van der Waals surface area contributed by atoms with Crippen LogP contribution in [0.4, 0.5) is 24.5 Å². The predicted octanol–water partition coefficient (Wildman–Crippen LogP) is 3.46. The number of amides is 1. The van der Waals surface area contributed by atoms with Crippen LogP contribution in [0.1, 0.15) is 5.56 Å². The Bertz CT molecular complexity index is 654. The average molecular weight is 294 g/mol. The molecule has 0 aromatic heterocycles. The van der Waals surface area contributed by atoms with E-state index in [1.165, 1.54) is 18.2 Å². The molecule has 6 heteroatoms. The highest BCUT2D eigenvalue weighted by molar-refractivity contribution is 5.93. The number of benzene rings is 2. The van der Waals surface area contributed by atoms with Crippen molar-refractivity contribution in [3.63, 3.8) is 0 Å². The maximum atomic E-state index is 13.0. The molecule has 0 fully saturated rings. The van der Waals surface area contributed by atoms with Crippen molar-refractivity contribution in [1.82, 2.24) is 0 Å².